The van der Waals surface area contributed by atoms with Crippen LogP contribution in [-0.2, 0) is 22.8 Å². The number of sulfone groups is 1. The lowest BCUT2D eigenvalue weighted by molar-refractivity contribution is 0.409. The molecule has 0 unspecified atom stereocenters. The van der Waals surface area contributed by atoms with Gasteiger partial charge in [0.05, 0.1) is 16.8 Å². The Morgan fingerprint density at radius 2 is 1.61 bits per heavy atom. The van der Waals surface area contributed by atoms with E-state index in [0.717, 1.165) is 36.8 Å². The monoisotopic (exact) mass is 466 g/mol. The normalized spacial score (nSPS) is 24.5. The third kappa shape index (κ3) is 4.57. The third-order valence-corrected chi connectivity index (χ3v) is 9.48. The van der Waals surface area contributed by atoms with E-state index in [9.17, 15) is 12.8 Å². The van der Waals surface area contributed by atoms with Gasteiger partial charge in [-0.2, -0.15) is 0 Å². The second-order valence-corrected chi connectivity index (χ2v) is 11.5. The molecular formula is C27H31FN2O2S. The molecule has 33 heavy (non-hydrogen) atoms. The highest BCUT2D eigenvalue weighted by molar-refractivity contribution is 7.92. The number of unbranched alkanes of at least 4 members (excludes halogenated alkanes) is 1. The molecule has 3 aromatic carbocycles. The first-order valence-electron chi connectivity index (χ1n) is 11.9. The average Bonchev–Trinajstić information content (AvgIpc) is 3.45. The highest BCUT2D eigenvalue weighted by Crippen LogP contribution is 2.36. The van der Waals surface area contributed by atoms with Crippen LogP contribution in [-0.4, -0.2) is 38.5 Å². The van der Waals surface area contributed by atoms with E-state index in [-0.39, 0.29) is 24.8 Å². The van der Waals surface area contributed by atoms with Crippen LogP contribution >= 0.6 is 0 Å². The molecule has 0 radical (unpaired) electrons. The van der Waals surface area contributed by atoms with Crippen LogP contribution < -0.4 is 10.6 Å². The molecular weight excluding hydrogens is 435 g/mol. The van der Waals surface area contributed by atoms with Crippen LogP contribution in [0.15, 0.2) is 71.6 Å². The van der Waals surface area contributed by atoms with Gasteiger partial charge in [0.1, 0.15) is 0 Å². The fourth-order valence-electron chi connectivity index (χ4n) is 5.50. The van der Waals surface area contributed by atoms with Gasteiger partial charge >= 0.3 is 0 Å². The van der Waals surface area contributed by atoms with Gasteiger partial charge in [0, 0.05) is 24.7 Å². The van der Waals surface area contributed by atoms with Gasteiger partial charge in [-0.15, -0.1) is 0 Å². The predicted molar refractivity (Wildman–Crippen MR) is 131 cm³/mol. The number of nitrogens with one attached hydrogen (secondary N) is 2. The second kappa shape index (κ2) is 9.53. The maximum atomic E-state index is 13.7. The number of aryl methyl sites for hydroxylation is 1. The van der Waals surface area contributed by atoms with Crippen LogP contribution in [0.4, 0.5) is 4.39 Å². The van der Waals surface area contributed by atoms with E-state index in [0.29, 0.717) is 17.9 Å². The van der Waals surface area contributed by atoms with Crippen molar-refractivity contribution in [3.05, 3.63) is 77.9 Å². The van der Waals surface area contributed by atoms with E-state index >= 15 is 0 Å². The lowest BCUT2D eigenvalue weighted by atomic mass is 9.94. The number of benzene rings is 3. The zero-order valence-electron chi connectivity index (χ0n) is 18.7. The average molecular weight is 467 g/mol. The second-order valence-electron chi connectivity index (χ2n) is 9.34. The fourth-order valence-corrected chi connectivity index (χ4v) is 7.65. The molecule has 6 heteroatoms. The van der Waals surface area contributed by atoms with Crippen molar-refractivity contribution >= 4 is 20.6 Å². The lowest BCUT2D eigenvalue weighted by Crippen LogP contribution is -2.50. The van der Waals surface area contributed by atoms with Crippen LogP contribution in [0.2, 0.25) is 0 Å². The molecule has 2 fully saturated rings. The highest BCUT2D eigenvalue weighted by Gasteiger charge is 2.53. The Bertz CT molecular complexity index is 1210. The summed E-state index contributed by atoms with van der Waals surface area (Å²) in [6.45, 7) is 0.331. The first-order chi connectivity index (χ1) is 16.1. The lowest BCUT2D eigenvalue weighted by Gasteiger charge is -2.30. The number of alkyl halides is 1. The molecule has 2 aliphatic rings. The summed E-state index contributed by atoms with van der Waals surface area (Å²) in [7, 11) is -3.48. The number of fused-ring (bicyclic) bond motifs is 3. The molecule has 3 aromatic rings. The van der Waals surface area contributed by atoms with Crippen molar-refractivity contribution in [3.8, 4) is 0 Å². The maximum Gasteiger partial charge on any atom is 0.184 e. The van der Waals surface area contributed by atoms with Crippen molar-refractivity contribution in [2.45, 2.75) is 66.9 Å². The molecule has 0 spiro atoms. The van der Waals surface area contributed by atoms with Crippen molar-refractivity contribution in [1.29, 1.82) is 0 Å². The zero-order chi connectivity index (χ0) is 22.8. The molecule has 4 atom stereocenters. The van der Waals surface area contributed by atoms with Gasteiger partial charge in [-0.3, -0.25) is 4.39 Å². The zero-order valence-corrected chi connectivity index (χ0v) is 19.5. The first kappa shape index (κ1) is 22.5. The summed E-state index contributed by atoms with van der Waals surface area (Å²) in [6.07, 6.45) is 3.99. The summed E-state index contributed by atoms with van der Waals surface area (Å²) in [5.74, 6) is 0. The van der Waals surface area contributed by atoms with E-state index in [1.807, 2.05) is 24.3 Å². The Balaban J connectivity index is 1.32. The van der Waals surface area contributed by atoms with Crippen molar-refractivity contribution in [2.75, 3.05) is 6.67 Å². The van der Waals surface area contributed by atoms with Gasteiger partial charge in [-0.05, 0) is 72.2 Å². The van der Waals surface area contributed by atoms with E-state index in [1.54, 1.807) is 12.1 Å². The molecule has 2 bridgehead atoms. The van der Waals surface area contributed by atoms with Gasteiger partial charge < -0.3 is 10.6 Å². The molecule has 0 amide bonds. The van der Waals surface area contributed by atoms with Gasteiger partial charge in [-0.1, -0.05) is 48.5 Å². The predicted octanol–water partition coefficient (Wildman–Crippen LogP) is 4.57. The quantitative estimate of drug-likeness (QED) is 0.454. The van der Waals surface area contributed by atoms with Crippen molar-refractivity contribution < 1.29 is 12.8 Å². The minimum absolute atomic E-state index is 0.0154. The van der Waals surface area contributed by atoms with Gasteiger partial charge in [-0.25, -0.2) is 8.42 Å². The Hall–Kier alpha value is -2.28. The molecule has 2 heterocycles. The molecule has 0 aliphatic carbocycles. The minimum Gasteiger partial charge on any atom is -0.308 e. The van der Waals surface area contributed by atoms with Crippen LogP contribution in [0.3, 0.4) is 0 Å². The Morgan fingerprint density at radius 1 is 0.879 bits per heavy atom. The minimum atomic E-state index is -3.48. The number of halogens is 1. The molecule has 2 aliphatic heterocycles. The molecule has 2 N–H and O–H groups in total. The SMILES string of the molecule is O=S(=O)(c1ccc(CCCCF)cc1)[C@H]1[C@H](NCc2ccc3ccccc3c2)[C@H]2CC[C@@H]1N2. The summed E-state index contributed by atoms with van der Waals surface area (Å²) in [4.78, 5) is 0.383. The van der Waals surface area contributed by atoms with Crippen LogP contribution in [0, 0.1) is 0 Å². The number of hydrogen-bond donors (Lipinski definition) is 2. The van der Waals surface area contributed by atoms with Crippen molar-refractivity contribution in [2.24, 2.45) is 0 Å². The Labute approximate surface area is 195 Å². The van der Waals surface area contributed by atoms with Crippen LogP contribution in [0.25, 0.3) is 10.8 Å². The van der Waals surface area contributed by atoms with E-state index < -0.39 is 15.1 Å². The molecule has 174 valence electrons. The smallest absolute Gasteiger partial charge is 0.184 e. The van der Waals surface area contributed by atoms with Crippen molar-refractivity contribution in [3.63, 3.8) is 0 Å². The number of hydrogen-bond acceptors (Lipinski definition) is 4. The summed E-state index contributed by atoms with van der Waals surface area (Å²) in [5.41, 5.74) is 2.21. The topological polar surface area (TPSA) is 58.2 Å². The standard InChI is InChI=1S/C27H31FN2O2S/c28-16-4-3-5-19-9-12-23(13-10-19)33(31,32)27-25-15-14-24(30-25)26(27)29-18-20-8-11-21-6-1-2-7-22(21)17-20/h1-2,6-13,17,24-27,29-30H,3-5,14-16,18H2/t24-,25+,26-,27-/m1/s1. The third-order valence-electron chi connectivity index (χ3n) is 7.22. The Morgan fingerprint density at radius 3 is 2.39 bits per heavy atom. The maximum absolute atomic E-state index is 13.7. The van der Waals surface area contributed by atoms with E-state index in [2.05, 4.69) is 41.0 Å². The Kier molecular flexibility index (Phi) is 6.50. The van der Waals surface area contributed by atoms with Gasteiger partial charge in [0.15, 0.2) is 9.84 Å². The van der Waals surface area contributed by atoms with Crippen molar-refractivity contribution in [1.82, 2.24) is 10.6 Å². The molecule has 0 saturated carbocycles. The largest absolute Gasteiger partial charge is 0.308 e. The summed E-state index contributed by atoms with van der Waals surface area (Å²) in [5, 5.41) is 9.05. The molecule has 4 nitrogen and oxygen atoms in total. The fraction of sp³-hybridized carbons (Fsp3) is 0.407. The van der Waals surface area contributed by atoms with E-state index in [1.165, 1.54) is 10.8 Å². The first-order valence-corrected chi connectivity index (χ1v) is 13.5. The number of rotatable bonds is 9. The molecule has 2 saturated heterocycles. The van der Waals surface area contributed by atoms with Gasteiger partial charge in [0.2, 0.25) is 0 Å². The highest BCUT2D eigenvalue weighted by atomic mass is 32.2. The molecule has 5 rings (SSSR count). The van der Waals surface area contributed by atoms with Gasteiger partial charge in [0.25, 0.3) is 0 Å². The summed E-state index contributed by atoms with van der Waals surface area (Å²) in [6, 6.07) is 21.9. The summed E-state index contributed by atoms with van der Waals surface area (Å²) >= 11 is 0. The van der Waals surface area contributed by atoms with E-state index in [4.69, 9.17) is 0 Å². The summed E-state index contributed by atoms with van der Waals surface area (Å²) < 4.78 is 39.7. The van der Waals surface area contributed by atoms with Crippen LogP contribution in [0.5, 0.6) is 0 Å². The molecule has 0 aromatic heterocycles. The van der Waals surface area contributed by atoms with Crippen LogP contribution in [0.1, 0.15) is 36.8 Å².